The number of hydrogen-bond acceptors (Lipinski definition) is 4. The second-order valence-electron chi connectivity index (χ2n) is 5.10. The smallest absolute Gasteiger partial charge is 0.253 e. The van der Waals surface area contributed by atoms with E-state index >= 15 is 0 Å². The first kappa shape index (κ1) is 13.8. The zero-order chi connectivity index (χ0) is 15.6. The van der Waals surface area contributed by atoms with Crippen LogP contribution in [0.25, 0.3) is 22.2 Å². The van der Waals surface area contributed by atoms with Crippen LogP contribution in [0.1, 0.15) is 15.2 Å². The van der Waals surface area contributed by atoms with Gasteiger partial charge in [0, 0.05) is 33.8 Å². The van der Waals surface area contributed by atoms with Crippen LogP contribution in [0, 0.1) is 0 Å². The van der Waals surface area contributed by atoms with Crippen molar-refractivity contribution in [3.05, 3.63) is 65.0 Å². The van der Waals surface area contributed by atoms with Crippen LogP contribution in [0.15, 0.2) is 59.0 Å². The van der Waals surface area contributed by atoms with Crippen LogP contribution in [0.3, 0.4) is 0 Å². The predicted molar refractivity (Wildman–Crippen MR) is 89.3 cm³/mol. The number of amides is 1. The highest BCUT2D eigenvalue weighted by molar-refractivity contribution is 7.09. The van der Waals surface area contributed by atoms with Crippen molar-refractivity contribution in [2.24, 2.45) is 0 Å². The molecule has 4 rings (SSSR count). The molecule has 0 saturated heterocycles. The van der Waals surface area contributed by atoms with Crippen molar-refractivity contribution >= 4 is 28.3 Å². The predicted octanol–water partition coefficient (Wildman–Crippen LogP) is 3.81. The van der Waals surface area contributed by atoms with Crippen molar-refractivity contribution in [3.8, 4) is 11.1 Å². The van der Waals surface area contributed by atoms with Crippen LogP contribution in [-0.2, 0) is 6.54 Å². The maximum Gasteiger partial charge on any atom is 0.253 e. The van der Waals surface area contributed by atoms with Gasteiger partial charge in [0.15, 0.2) is 0 Å². The molecule has 2 N–H and O–H groups in total. The maximum absolute atomic E-state index is 12.3. The van der Waals surface area contributed by atoms with Gasteiger partial charge in [-0.25, -0.2) is 4.98 Å². The number of H-pyrrole nitrogens is 1. The molecule has 23 heavy (non-hydrogen) atoms. The average Bonchev–Trinajstić information content (AvgIpc) is 3.31. The van der Waals surface area contributed by atoms with Crippen LogP contribution in [-0.4, -0.2) is 15.9 Å². The summed E-state index contributed by atoms with van der Waals surface area (Å²) in [7, 11) is 0. The molecule has 0 bridgehead atoms. The molecule has 5 nitrogen and oxygen atoms in total. The van der Waals surface area contributed by atoms with E-state index in [1.165, 1.54) is 0 Å². The summed E-state index contributed by atoms with van der Waals surface area (Å²) in [6.45, 7) is 0.524. The van der Waals surface area contributed by atoms with Crippen molar-refractivity contribution < 1.29 is 9.21 Å². The fourth-order valence-electron chi connectivity index (χ4n) is 2.47. The second kappa shape index (κ2) is 5.73. The summed E-state index contributed by atoms with van der Waals surface area (Å²) in [4.78, 5) is 20.9. The van der Waals surface area contributed by atoms with Gasteiger partial charge in [0.1, 0.15) is 5.65 Å². The van der Waals surface area contributed by atoms with Crippen LogP contribution >= 0.6 is 11.3 Å². The highest BCUT2D eigenvalue weighted by Gasteiger charge is 2.12. The Morgan fingerprint density at radius 1 is 1.39 bits per heavy atom. The molecule has 0 unspecified atom stereocenters. The van der Waals surface area contributed by atoms with E-state index in [1.807, 2.05) is 35.8 Å². The van der Waals surface area contributed by atoms with Gasteiger partial charge in [-0.05, 0) is 23.6 Å². The van der Waals surface area contributed by atoms with Crippen molar-refractivity contribution in [1.29, 1.82) is 0 Å². The summed E-state index contributed by atoms with van der Waals surface area (Å²) in [5.41, 5.74) is 3.21. The zero-order valence-corrected chi connectivity index (χ0v) is 12.9. The summed E-state index contributed by atoms with van der Waals surface area (Å²) in [6, 6.07) is 7.70. The number of nitrogens with zero attached hydrogens (tertiary/aromatic N) is 1. The molecule has 0 spiro atoms. The van der Waals surface area contributed by atoms with Gasteiger partial charge in [0.05, 0.1) is 24.6 Å². The Morgan fingerprint density at radius 2 is 2.35 bits per heavy atom. The number of fused-ring (bicyclic) bond motifs is 1. The number of rotatable bonds is 4. The Balaban J connectivity index is 1.62. The lowest BCUT2D eigenvalue weighted by Gasteiger charge is -2.04. The minimum absolute atomic E-state index is 0.132. The third-order valence-electron chi connectivity index (χ3n) is 3.63. The Bertz CT molecular complexity index is 940. The molecule has 0 atom stereocenters. The topological polar surface area (TPSA) is 70.9 Å². The van der Waals surface area contributed by atoms with Crippen LogP contribution < -0.4 is 5.32 Å². The summed E-state index contributed by atoms with van der Waals surface area (Å²) in [5.74, 6) is -0.132. The quantitative estimate of drug-likeness (QED) is 0.600. The summed E-state index contributed by atoms with van der Waals surface area (Å²) >= 11 is 1.62. The minimum atomic E-state index is -0.132. The molecule has 4 aromatic rings. The van der Waals surface area contributed by atoms with Gasteiger partial charge < -0.3 is 14.7 Å². The monoisotopic (exact) mass is 323 g/mol. The van der Waals surface area contributed by atoms with Crippen molar-refractivity contribution in [3.63, 3.8) is 0 Å². The molecule has 0 radical (unpaired) electrons. The molecule has 4 heterocycles. The largest absolute Gasteiger partial charge is 0.472 e. The highest BCUT2D eigenvalue weighted by atomic mass is 32.1. The number of hydrogen-bond donors (Lipinski definition) is 2. The van der Waals surface area contributed by atoms with E-state index in [0.29, 0.717) is 12.1 Å². The van der Waals surface area contributed by atoms with Crippen LogP contribution in [0.2, 0.25) is 0 Å². The Hall–Kier alpha value is -2.86. The normalized spacial score (nSPS) is 11.0. The summed E-state index contributed by atoms with van der Waals surface area (Å²) in [6.07, 6.45) is 6.75. The number of nitrogens with one attached hydrogen (secondary N) is 2. The van der Waals surface area contributed by atoms with E-state index in [9.17, 15) is 4.79 Å². The third kappa shape index (κ3) is 2.64. The first-order valence-corrected chi connectivity index (χ1v) is 7.99. The van der Waals surface area contributed by atoms with Gasteiger partial charge in [-0.15, -0.1) is 11.3 Å². The molecule has 0 saturated carbocycles. The lowest BCUT2D eigenvalue weighted by Crippen LogP contribution is -2.22. The van der Waals surface area contributed by atoms with Gasteiger partial charge in [0.2, 0.25) is 0 Å². The van der Waals surface area contributed by atoms with Gasteiger partial charge >= 0.3 is 0 Å². The molecule has 0 aliphatic rings. The summed E-state index contributed by atoms with van der Waals surface area (Å²) in [5, 5.41) is 5.81. The molecule has 0 aliphatic carbocycles. The Labute approximate surface area is 136 Å². The van der Waals surface area contributed by atoms with Gasteiger partial charge in [-0.1, -0.05) is 6.07 Å². The van der Waals surface area contributed by atoms with E-state index in [-0.39, 0.29) is 5.91 Å². The number of carbonyl (C=O) groups excluding carboxylic acids is 1. The number of thiophene rings is 1. The lowest BCUT2D eigenvalue weighted by atomic mass is 10.1. The number of aromatic nitrogens is 2. The first-order chi connectivity index (χ1) is 11.3. The standard InChI is InChI=1S/C17H13N3O2S/c21-17(20-8-13-2-1-5-23-13)12-6-14-15(11-3-4-22-10-11)9-19-16(14)18-7-12/h1-7,9-10H,8H2,(H,18,19)(H,20,21). The van der Waals surface area contributed by atoms with E-state index in [4.69, 9.17) is 4.42 Å². The fraction of sp³-hybridized carbons (Fsp3) is 0.0588. The molecule has 114 valence electrons. The number of pyridine rings is 1. The summed E-state index contributed by atoms with van der Waals surface area (Å²) < 4.78 is 5.13. The Kier molecular flexibility index (Phi) is 3.44. The van der Waals surface area contributed by atoms with Gasteiger partial charge in [0.25, 0.3) is 5.91 Å². The van der Waals surface area contributed by atoms with Crippen LogP contribution in [0.4, 0.5) is 0 Å². The molecular weight excluding hydrogens is 310 g/mol. The molecular formula is C17H13N3O2S. The molecule has 6 heteroatoms. The molecule has 0 aromatic carbocycles. The van der Waals surface area contributed by atoms with E-state index in [2.05, 4.69) is 15.3 Å². The highest BCUT2D eigenvalue weighted by Crippen LogP contribution is 2.28. The minimum Gasteiger partial charge on any atom is -0.472 e. The molecule has 0 aliphatic heterocycles. The molecule has 4 aromatic heterocycles. The second-order valence-corrected chi connectivity index (χ2v) is 6.13. The number of carbonyl (C=O) groups is 1. The van der Waals surface area contributed by atoms with Crippen molar-refractivity contribution in [2.75, 3.05) is 0 Å². The van der Waals surface area contributed by atoms with E-state index in [1.54, 1.807) is 30.1 Å². The Morgan fingerprint density at radius 3 is 3.13 bits per heavy atom. The lowest BCUT2D eigenvalue weighted by molar-refractivity contribution is 0.0951. The van der Waals surface area contributed by atoms with E-state index < -0.39 is 0 Å². The fourth-order valence-corrected chi connectivity index (χ4v) is 3.11. The first-order valence-electron chi connectivity index (χ1n) is 7.11. The van der Waals surface area contributed by atoms with Crippen molar-refractivity contribution in [2.45, 2.75) is 6.54 Å². The number of furan rings is 1. The number of aromatic amines is 1. The average molecular weight is 323 g/mol. The third-order valence-corrected chi connectivity index (χ3v) is 4.51. The van der Waals surface area contributed by atoms with Crippen molar-refractivity contribution in [1.82, 2.24) is 15.3 Å². The zero-order valence-electron chi connectivity index (χ0n) is 12.1. The molecule has 0 fully saturated rings. The maximum atomic E-state index is 12.3. The van der Waals surface area contributed by atoms with Crippen LogP contribution in [0.5, 0.6) is 0 Å². The molecule has 1 amide bonds. The van der Waals surface area contributed by atoms with E-state index in [0.717, 1.165) is 27.0 Å². The van der Waals surface area contributed by atoms with Gasteiger partial charge in [-0.3, -0.25) is 4.79 Å². The SMILES string of the molecule is O=C(NCc1cccs1)c1cnc2[nH]cc(-c3ccoc3)c2c1. The van der Waals surface area contributed by atoms with Gasteiger partial charge in [-0.2, -0.15) is 0 Å².